The molecule has 7 aromatic rings. The molecule has 0 atom stereocenters. The SMILES string of the molecule is C(=C\c1ccccc1-c1c2ccccc2c(-c2ccc3ccccc3c2)c2ccccc12)/c1ccccc1. The van der Waals surface area contributed by atoms with E-state index in [2.05, 4.69) is 158 Å². The van der Waals surface area contributed by atoms with E-state index in [9.17, 15) is 0 Å². The van der Waals surface area contributed by atoms with Crippen molar-refractivity contribution in [3.05, 3.63) is 157 Å². The van der Waals surface area contributed by atoms with Gasteiger partial charge in [-0.25, -0.2) is 0 Å². The second-order valence-electron chi connectivity index (χ2n) is 9.73. The molecular weight excluding hydrogens is 456 g/mol. The fourth-order valence-electron chi connectivity index (χ4n) is 5.69. The van der Waals surface area contributed by atoms with Gasteiger partial charge in [0.2, 0.25) is 0 Å². The topological polar surface area (TPSA) is 0 Å². The highest BCUT2D eigenvalue weighted by molar-refractivity contribution is 6.22. The maximum Gasteiger partial charge on any atom is -0.00204 e. The van der Waals surface area contributed by atoms with Crippen LogP contribution in [0.2, 0.25) is 0 Å². The van der Waals surface area contributed by atoms with E-state index < -0.39 is 0 Å². The molecule has 0 saturated carbocycles. The Labute approximate surface area is 223 Å². The number of rotatable bonds is 4. The van der Waals surface area contributed by atoms with Gasteiger partial charge in [0.1, 0.15) is 0 Å². The van der Waals surface area contributed by atoms with Crippen molar-refractivity contribution in [2.24, 2.45) is 0 Å². The second kappa shape index (κ2) is 9.50. The summed E-state index contributed by atoms with van der Waals surface area (Å²) in [6, 6.07) is 52.4. The van der Waals surface area contributed by atoms with E-state index >= 15 is 0 Å². The molecule has 178 valence electrons. The van der Waals surface area contributed by atoms with Crippen molar-refractivity contribution in [2.75, 3.05) is 0 Å². The van der Waals surface area contributed by atoms with Crippen molar-refractivity contribution >= 4 is 44.5 Å². The van der Waals surface area contributed by atoms with E-state index in [4.69, 9.17) is 0 Å². The van der Waals surface area contributed by atoms with Crippen LogP contribution in [0, 0.1) is 0 Å². The lowest BCUT2D eigenvalue weighted by Crippen LogP contribution is -1.92. The molecule has 0 aromatic heterocycles. The first-order valence-electron chi connectivity index (χ1n) is 13.1. The molecule has 0 radical (unpaired) electrons. The van der Waals surface area contributed by atoms with Gasteiger partial charge in [-0.2, -0.15) is 0 Å². The number of fused-ring (bicyclic) bond motifs is 3. The van der Waals surface area contributed by atoms with E-state index in [1.807, 2.05) is 0 Å². The third-order valence-electron chi connectivity index (χ3n) is 7.45. The van der Waals surface area contributed by atoms with Crippen molar-refractivity contribution in [1.82, 2.24) is 0 Å². The lowest BCUT2D eigenvalue weighted by molar-refractivity contribution is 1.62. The molecule has 0 heteroatoms. The minimum absolute atomic E-state index is 1.20. The molecule has 0 unspecified atom stereocenters. The first-order valence-corrected chi connectivity index (χ1v) is 13.1. The van der Waals surface area contributed by atoms with Gasteiger partial charge in [-0.05, 0) is 71.8 Å². The quantitative estimate of drug-likeness (QED) is 0.173. The Morgan fingerprint density at radius 3 is 1.63 bits per heavy atom. The van der Waals surface area contributed by atoms with Crippen LogP contribution in [0.1, 0.15) is 11.1 Å². The third-order valence-corrected chi connectivity index (χ3v) is 7.45. The zero-order valence-electron chi connectivity index (χ0n) is 21.0. The lowest BCUT2D eigenvalue weighted by Gasteiger charge is -2.19. The minimum Gasteiger partial charge on any atom is -0.0622 e. The number of benzene rings is 7. The predicted molar refractivity (Wildman–Crippen MR) is 165 cm³/mol. The summed E-state index contributed by atoms with van der Waals surface area (Å²) in [5.41, 5.74) is 7.49. The van der Waals surface area contributed by atoms with E-state index in [1.165, 1.54) is 65.7 Å². The van der Waals surface area contributed by atoms with Crippen molar-refractivity contribution < 1.29 is 0 Å². The van der Waals surface area contributed by atoms with Gasteiger partial charge < -0.3 is 0 Å². The zero-order chi connectivity index (χ0) is 25.3. The number of hydrogen-bond acceptors (Lipinski definition) is 0. The molecule has 0 aliphatic carbocycles. The van der Waals surface area contributed by atoms with Crippen molar-refractivity contribution in [1.29, 1.82) is 0 Å². The Balaban J connectivity index is 1.52. The molecule has 0 amide bonds. The first-order chi connectivity index (χ1) is 18.9. The van der Waals surface area contributed by atoms with E-state index in [0.29, 0.717) is 0 Å². The van der Waals surface area contributed by atoms with Gasteiger partial charge in [-0.3, -0.25) is 0 Å². The van der Waals surface area contributed by atoms with Crippen LogP contribution in [-0.4, -0.2) is 0 Å². The monoisotopic (exact) mass is 482 g/mol. The average molecular weight is 483 g/mol. The highest BCUT2D eigenvalue weighted by Gasteiger charge is 2.17. The summed E-state index contributed by atoms with van der Waals surface area (Å²) in [6.07, 6.45) is 4.44. The van der Waals surface area contributed by atoms with Gasteiger partial charge in [0, 0.05) is 0 Å². The molecule has 38 heavy (non-hydrogen) atoms. The summed E-state index contributed by atoms with van der Waals surface area (Å²) in [5, 5.41) is 7.63. The molecule has 7 rings (SSSR count). The molecule has 7 aromatic carbocycles. The van der Waals surface area contributed by atoms with E-state index in [0.717, 1.165) is 0 Å². The molecule has 0 saturated heterocycles. The summed E-state index contributed by atoms with van der Waals surface area (Å²) in [4.78, 5) is 0. The van der Waals surface area contributed by atoms with Crippen LogP contribution < -0.4 is 0 Å². The Morgan fingerprint density at radius 1 is 0.368 bits per heavy atom. The average Bonchev–Trinajstić information content (AvgIpc) is 2.99. The smallest absolute Gasteiger partial charge is 0.00204 e. The Bertz CT molecular complexity index is 1900. The predicted octanol–water partition coefficient (Wildman–Crippen LogP) is 10.7. The van der Waals surface area contributed by atoms with Gasteiger partial charge in [0.15, 0.2) is 0 Å². The van der Waals surface area contributed by atoms with Crippen molar-refractivity contribution in [3.63, 3.8) is 0 Å². The number of hydrogen-bond donors (Lipinski definition) is 0. The van der Waals surface area contributed by atoms with Crippen LogP contribution in [0.5, 0.6) is 0 Å². The molecular formula is C38H26. The summed E-state index contributed by atoms with van der Waals surface area (Å²) in [7, 11) is 0. The zero-order valence-corrected chi connectivity index (χ0v) is 21.0. The Morgan fingerprint density at radius 2 is 0.921 bits per heavy atom. The van der Waals surface area contributed by atoms with Gasteiger partial charge in [0.25, 0.3) is 0 Å². The van der Waals surface area contributed by atoms with Gasteiger partial charge in [-0.15, -0.1) is 0 Å². The Kier molecular flexibility index (Phi) is 5.57. The van der Waals surface area contributed by atoms with Gasteiger partial charge in [-0.1, -0.05) is 152 Å². The van der Waals surface area contributed by atoms with Crippen molar-refractivity contribution in [3.8, 4) is 22.3 Å². The molecule has 0 aliphatic heterocycles. The van der Waals surface area contributed by atoms with Crippen LogP contribution >= 0.6 is 0 Å². The fraction of sp³-hybridized carbons (Fsp3) is 0. The van der Waals surface area contributed by atoms with Gasteiger partial charge in [0.05, 0.1) is 0 Å². The second-order valence-corrected chi connectivity index (χ2v) is 9.73. The van der Waals surface area contributed by atoms with Crippen LogP contribution in [0.3, 0.4) is 0 Å². The van der Waals surface area contributed by atoms with E-state index in [-0.39, 0.29) is 0 Å². The standard InChI is InChI=1S/C38H26/c1-2-12-27(13-3-1)22-23-29-15-6-7-17-32(29)38-35-20-10-8-18-33(35)37(34-19-9-11-21-36(34)38)31-25-24-28-14-4-5-16-30(28)26-31/h1-26H/b23-22+. The highest BCUT2D eigenvalue weighted by Crippen LogP contribution is 2.44. The van der Waals surface area contributed by atoms with Crippen molar-refractivity contribution in [2.45, 2.75) is 0 Å². The summed E-state index contributed by atoms with van der Waals surface area (Å²) in [5.74, 6) is 0. The highest BCUT2D eigenvalue weighted by atomic mass is 14.2. The molecule has 0 nitrogen and oxygen atoms in total. The third kappa shape index (κ3) is 3.88. The lowest BCUT2D eigenvalue weighted by atomic mass is 9.84. The van der Waals surface area contributed by atoms with E-state index in [1.54, 1.807) is 0 Å². The van der Waals surface area contributed by atoms with Gasteiger partial charge >= 0.3 is 0 Å². The summed E-state index contributed by atoms with van der Waals surface area (Å²) in [6.45, 7) is 0. The summed E-state index contributed by atoms with van der Waals surface area (Å²) < 4.78 is 0. The molecule has 0 heterocycles. The van der Waals surface area contributed by atoms with Crippen LogP contribution in [-0.2, 0) is 0 Å². The minimum atomic E-state index is 1.20. The van der Waals surface area contributed by atoms with Crippen LogP contribution in [0.15, 0.2) is 146 Å². The summed E-state index contributed by atoms with van der Waals surface area (Å²) >= 11 is 0. The molecule has 0 aliphatic rings. The normalized spacial score (nSPS) is 11.6. The first kappa shape index (κ1) is 22.3. The molecule has 0 bridgehead atoms. The van der Waals surface area contributed by atoms with Crippen LogP contribution in [0.25, 0.3) is 66.7 Å². The fourth-order valence-corrected chi connectivity index (χ4v) is 5.69. The largest absolute Gasteiger partial charge is 0.0622 e. The molecule has 0 spiro atoms. The Hall–Kier alpha value is -4.94. The maximum atomic E-state index is 2.33. The van der Waals surface area contributed by atoms with Crippen LogP contribution in [0.4, 0.5) is 0 Å². The maximum absolute atomic E-state index is 2.33. The molecule has 0 N–H and O–H groups in total. The molecule has 0 fully saturated rings.